The zero-order chi connectivity index (χ0) is 17.6. The first-order valence-electron chi connectivity index (χ1n) is 7.14. The number of fused-ring (bicyclic) bond motifs is 1. The van der Waals surface area contributed by atoms with Gasteiger partial charge in [-0.05, 0) is 31.7 Å². The van der Waals surface area contributed by atoms with Crippen LogP contribution in [0.15, 0.2) is 12.3 Å². The van der Waals surface area contributed by atoms with Gasteiger partial charge in [-0.2, -0.15) is 18.3 Å². The van der Waals surface area contributed by atoms with Crippen molar-refractivity contribution in [1.29, 1.82) is 0 Å². The average Bonchev–Trinajstić information content (AvgIpc) is 3.21. The monoisotopic (exact) mass is 342 g/mol. The maximum absolute atomic E-state index is 13.0. The van der Waals surface area contributed by atoms with E-state index in [1.807, 2.05) is 5.32 Å². The molecule has 0 aromatic carbocycles. The van der Waals surface area contributed by atoms with Crippen LogP contribution in [0.1, 0.15) is 39.4 Å². The Balaban J connectivity index is 1.96. The van der Waals surface area contributed by atoms with Gasteiger partial charge in [-0.1, -0.05) is 0 Å². The quantitative estimate of drug-likeness (QED) is 0.883. The summed E-state index contributed by atoms with van der Waals surface area (Å²) in [5.74, 6) is -2.91. The van der Waals surface area contributed by atoms with Gasteiger partial charge in [-0.3, -0.25) is 4.79 Å². The van der Waals surface area contributed by atoms with Crippen molar-refractivity contribution in [3.8, 4) is 0 Å². The van der Waals surface area contributed by atoms with E-state index >= 15 is 0 Å². The number of nitrogens with one attached hydrogen (secondary N) is 1. The molecule has 1 amide bonds. The van der Waals surface area contributed by atoms with Crippen molar-refractivity contribution in [1.82, 2.24) is 19.9 Å². The highest BCUT2D eigenvalue weighted by molar-refractivity contribution is 6.00. The molecular weight excluding hydrogens is 329 g/mol. The van der Waals surface area contributed by atoms with Gasteiger partial charge in [-0.25, -0.2) is 14.3 Å². The number of carboxylic acid groups (broad SMARTS) is 1. The Hall–Kier alpha value is -2.65. The number of aromatic nitrogens is 3. The summed E-state index contributed by atoms with van der Waals surface area (Å²) in [4.78, 5) is 27.1. The number of halogens is 3. The topological polar surface area (TPSA) is 96.6 Å². The number of amides is 1. The predicted molar refractivity (Wildman–Crippen MR) is 74.7 cm³/mol. The molecule has 1 saturated carbocycles. The van der Waals surface area contributed by atoms with E-state index in [0.29, 0.717) is 18.5 Å². The lowest BCUT2D eigenvalue weighted by molar-refractivity contribution is -0.158. The Morgan fingerprint density at radius 1 is 1.42 bits per heavy atom. The van der Waals surface area contributed by atoms with Crippen LogP contribution in [-0.4, -0.2) is 43.8 Å². The smallest absolute Gasteiger partial charge is 0.408 e. The van der Waals surface area contributed by atoms with Crippen LogP contribution in [0.5, 0.6) is 0 Å². The zero-order valence-electron chi connectivity index (χ0n) is 12.5. The van der Waals surface area contributed by atoms with Gasteiger partial charge >= 0.3 is 12.1 Å². The zero-order valence-corrected chi connectivity index (χ0v) is 12.5. The molecule has 2 aromatic rings. The molecule has 0 aliphatic heterocycles. The van der Waals surface area contributed by atoms with Crippen molar-refractivity contribution in [2.24, 2.45) is 5.92 Å². The molecule has 1 aliphatic carbocycles. The lowest BCUT2D eigenvalue weighted by Gasteiger charge is -2.20. The second-order valence-electron chi connectivity index (χ2n) is 5.71. The van der Waals surface area contributed by atoms with Gasteiger partial charge in [0.1, 0.15) is 11.6 Å². The Bertz CT molecular complexity index is 827. The molecule has 128 valence electrons. The molecule has 1 fully saturated rings. The normalized spacial score (nSPS) is 16.2. The highest BCUT2D eigenvalue weighted by Crippen LogP contribution is 2.40. The molecule has 0 spiro atoms. The number of hydrogen-bond donors (Lipinski definition) is 2. The summed E-state index contributed by atoms with van der Waals surface area (Å²) >= 11 is 0. The number of alkyl halides is 3. The molecule has 2 heterocycles. The fourth-order valence-electron chi connectivity index (χ4n) is 2.50. The van der Waals surface area contributed by atoms with Gasteiger partial charge in [0.2, 0.25) is 0 Å². The minimum atomic E-state index is -4.55. The first-order valence-corrected chi connectivity index (χ1v) is 7.14. The SMILES string of the molecule is Cc1cc(C(=O)O)nc2c(C(=O)N[C@@H](C3CC3)C(F)(F)F)cnn12. The van der Waals surface area contributed by atoms with Crippen molar-refractivity contribution in [2.45, 2.75) is 32.0 Å². The lowest BCUT2D eigenvalue weighted by atomic mass is 10.1. The first kappa shape index (κ1) is 16.2. The number of carboxylic acids is 1. The van der Waals surface area contributed by atoms with E-state index in [1.165, 1.54) is 10.6 Å². The fraction of sp³-hybridized carbons (Fsp3) is 0.429. The molecule has 7 nitrogen and oxygen atoms in total. The van der Waals surface area contributed by atoms with Crippen molar-refractivity contribution in [3.63, 3.8) is 0 Å². The van der Waals surface area contributed by atoms with Crippen LogP contribution < -0.4 is 5.32 Å². The minimum absolute atomic E-state index is 0.0957. The summed E-state index contributed by atoms with van der Waals surface area (Å²) < 4.78 is 40.3. The second-order valence-corrected chi connectivity index (χ2v) is 5.71. The first-order chi connectivity index (χ1) is 11.2. The Morgan fingerprint density at radius 3 is 2.62 bits per heavy atom. The summed E-state index contributed by atoms with van der Waals surface area (Å²) in [6.45, 7) is 1.55. The highest BCUT2D eigenvalue weighted by Gasteiger charge is 2.49. The molecule has 0 saturated heterocycles. The van der Waals surface area contributed by atoms with Crippen molar-refractivity contribution < 1.29 is 27.9 Å². The Morgan fingerprint density at radius 2 is 2.08 bits per heavy atom. The van der Waals surface area contributed by atoms with Crippen molar-refractivity contribution in [2.75, 3.05) is 0 Å². The largest absolute Gasteiger partial charge is 0.477 e. The van der Waals surface area contributed by atoms with Gasteiger partial charge in [0, 0.05) is 5.69 Å². The fourth-order valence-corrected chi connectivity index (χ4v) is 2.50. The molecule has 0 bridgehead atoms. The van der Waals surface area contributed by atoms with Gasteiger partial charge in [0.25, 0.3) is 5.91 Å². The number of rotatable bonds is 4. The molecular formula is C14H13F3N4O3. The molecule has 24 heavy (non-hydrogen) atoms. The van der Waals surface area contributed by atoms with Crippen LogP contribution in [0.3, 0.4) is 0 Å². The van der Waals surface area contributed by atoms with E-state index in [9.17, 15) is 22.8 Å². The van der Waals surface area contributed by atoms with Gasteiger partial charge in [0.15, 0.2) is 11.3 Å². The molecule has 10 heteroatoms. The predicted octanol–water partition coefficient (Wildman–Crippen LogP) is 1.81. The number of hydrogen-bond acceptors (Lipinski definition) is 4. The number of carbonyl (C=O) groups excluding carboxylic acids is 1. The minimum Gasteiger partial charge on any atom is -0.477 e. The molecule has 2 N–H and O–H groups in total. The van der Waals surface area contributed by atoms with Gasteiger partial charge < -0.3 is 10.4 Å². The summed E-state index contributed by atoms with van der Waals surface area (Å²) in [5.41, 5.74) is -0.215. The Kier molecular flexibility index (Phi) is 3.69. The van der Waals surface area contributed by atoms with E-state index in [2.05, 4.69) is 10.1 Å². The molecule has 3 rings (SSSR count). The number of aromatic carboxylic acids is 1. The molecule has 1 aliphatic rings. The van der Waals surface area contributed by atoms with Crippen LogP contribution >= 0.6 is 0 Å². The molecule has 0 radical (unpaired) electrons. The van der Waals surface area contributed by atoms with Gasteiger partial charge in [-0.15, -0.1) is 0 Å². The summed E-state index contributed by atoms with van der Waals surface area (Å²) in [6, 6.07) is -0.670. The van der Waals surface area contributed by atoms with Crippen LogP contribution in [0.4, 0.5) is 13.2 Å². The standard InChI is InChI=1S/C14H13F3N4O3/c1-6-4-9(13(23)24)19-11-8(5-18-21(6)11)12(22)20-10(7-2-3-7)14(15,16)17/h4-5,7,10H,2-3H2,1H3,(H,20,22)(H,23,24)/t10-/m0/s1. The van der Waals surface area contributed by atoms with E-state index in [0.717, 1.165) is 6.20 Å². The lowest BCUT2D eigenvalue weighted by Crippen LogP contribution is -2.46. The number of nitrogens with zero attached hydrogens (tertiary/aromatic N) is 3. The molecule has 2 aromatic heterocycles. The van der Waals surface area contributed by atoms with E-state index in [-0.39, 0.29) is 16.9 Å². The Labute approximate surface area is 133 Å². The molecule has 0 unspecified atom stereocenters. The second kappa shape index (κ2) is 5.46. The summed E-state index contributed by atoms with van der Waals surface area (Å²) in [6.07, 6.45) is -2.66. The van der Waals surface area contributed by atoms with Crippen LogP contribution in [0, 0.1) is 12.8 Å². The van der Waals surface area contributed by atoms with Crippen LogP contribution in [0.2, 0.25) is 0 Å². The number of aryl methyl sites for hydroxylation is 1. The van der Waals surface area contributed by atoms with Crippen LogP contribution in [-0.2, 0) is 0 Å². The third kappa shape index (κ3) is 2.91. The third-order valence-electron chi connectivity index (χ3n) is 3.85. The number of carbonyl (C=O) groups is 2. The maximum Gasteiger partial charge on any atom is 0.408 e. The highest BCUT2D eigenvalue weighted by atomic mass is 19.4. The molecule has 1 atom stereocenters. The van der Waals surface area contributed by atoms with Gasteiger partial charge in [0.05, 0.1) is 6.20 Å². The summed E-state index contributed by atoms with van der Waals surface area (Å²) in [7, 11) is 0. The third-order valence-corrected chi connectivity index (χ3v) is 3.85. The summed E-state index contributed by atoms with van der Waals surface area (Å²) in [5, 5.41) is 14.9. The van der Waals surface area contributed by atoms with Crippen LogP contribution in [0.25, 0.3) is 5.65 Å². The van der Waals surface area contributed by atoms with Crippen molar-refractivity contribution >= 4 is 17.5 Å². The van der Waals surface area contributed by atoms with E-state index in [1.54, 1.807) is 6.92 Å². The van der Waals surface area contributed by atoms with E-state index < -0.39 is 30.0 Å². The van der Waals surface area contributed by atoms with Crippen molar-refractivity contribution in [3.05, 3.63) is 29.2 Å². The average molecular weight is 342 g/mol. The van der Waals surface area contributed by atoms with E-state index in [4.69, 9.17) is 5.11 Å². The maximum atomic E-state index is 13.0.